The number of halogens is 1. The van der Waals surface area contributed by atoms with E-state index in [2.05, 4.69) is 26.1 Å². The molecule has 1 N–H and O–H groups in total. The van der Waals surface area contributed by atoms with Gasteiger partial charge in [-0.2, -0.15) is 4.98 Å². The first kappa shape index (κ1) is 19.6. The minimum atomic E-state index is 0.552. The van der Waals surface area contributed by atoms with Gasteiger partial charge in [-0.3, -0.25) is 0 Å². The van der Waals surface area contributed by atoms with Crippen molar-refractivity contribution in [1.29, 1.82) is 0 Å². The highest BCUT2D eigenvalue weighted by Gasteiger charge is 2.22. The molecule has 7 nitrogen and oxygen atoms in total. The number of anilines is 1. The number of thiophene rings is 1. The van der Waals surface area contributed by atoms with Crippen LogP contribution in [0.1, 0.15) is 12.6 Å². The van der Waals surface area contributed by atoms with Crippen LogP contribution in [0, 0.1) is 6.92 Å². The van der Waals surface area contributed by atoms with E-state index in [4.69, 9.17) is 24.7 Å². The van der Waals surface area contributed by atoms with Crippen molar-refractivity contribution in [3.63, 3.8) is 0 Å². The molecule has 1 fully saturated rings. The zero-order valence-corrected chi connectivity index (χ0v) is 19.2. The van der Waals surface area contributed by atoms with E-state index in [0.717, 1.165) is 62.3 Å². The van der Waals surface area contributed by atoms with Crippen molar-refractivity contribution in [2.75, 3.05) is 37.7 Å². The second-order valence-electron chi connectivity index (χ2n) is 7.10. The van der Waals surface area contributed by atoms with E-state index in [-0.39, 0.29) is 0 Å². The molecule has 0 amide bonds. The Morgan fingerprint density at radius 3 is 2.60 bits per heavy atom. The van der Waals surface area contributed by atoms with Crippen molar-refractivity contribution >= 4 is 53.6 Å². The Bertz CT molecular complexity index is 1220. The van der Waals surface area contributed by atoms with E-state index in [1.54, 1.807) is 11.3 Å². The summed E-state index contributed by atoms with van der Waals surface area (Å²) < 4.78 is 7.87. The van der Waals surface area contributed by atoms with E-state index in [1.807, 2.05) is 38.1 Å². The van der Waals surface area contributed by atoms with Crippen LogP contribution >= 0.6 is 27.3 Å². The highest BCUT2D eigenvalue weighted by atomic mass is 79.9. The summed E-state index contributed by atoms with van der Waals surface area (Å²) in [4.78, 5) is 22.5. The summed E-state index contributed by atoms with van der Waals surface area (Å²) >= 11 is 5.05. The summed E-state index contributed by atoms with van der Waals surface area (Å²) in [7, 11) is 0. The smallest absolute Gasteiger partial charge is 0.236 e. The molecule has 1 aliphatic rings. The fourth-order valence-corrected chi connectivity index (χ4v) is 5.01. The molecule has 0 radical (unpaired) electrons. The number of aromatic nitrogens is 4. The zero-order chi connectivity index (χ0) is 20.7. The van der Waals surface area contributed by atoms with Gasteiger partial charge in [0.1, 0.15) is 15.0 Å². The lowest BCUT2D eigenvalue weighted by molar-refractivity contribution is 0.331. The van der Waals surface area contributed by atoms with Gasteiger partial charge in [0.05, 0.1) is 17.7 Å². The number of nitrogens with zero attached hydrogens (tertiary/aromatic N) is 5. The first-order chi connectivity index (χ1) is 14.6. The van der Waals surface area contributed by atoms with Crippen LogP contribution in [-0.2, 0) is 0 Å². The molecule has 1 aromatic carbocycles. The minimum Gasteiger partial charge on any atom is -0.477 e. The summed E-state index contributed by atoms with van der Waals surface area (Å²) in [6.07, 6.45) is 0. The first-order valence-electron chi connectivity index (χ1n) is 9.97. The van der Waals surface area contributed by atoms with Crippen LogP contribution in [0.5, 0.6) is 5.88 Å². The number of fused-ring (bicyclic) bond motifs is 3. The molecule has 4 heterocycles. The van der Waals surface area contributed by atoms with Crippen LogP contribution < -0.4 is 15.0 Å². The lowest BCUT2D eigenvalue weighted by Gasteiger charge is -2.27. The van der Waals surface area contributed by atoms with Crippen LogP contribution in [0.2, 0.25) is 0 Å². The summed E-state index contributed by atoms with van der Waals surface area (Å²) in [6.45, 7) is 8.15. The Morgan fingerprint density at radius 1 is 1.10 bits per heavy atom. The minimum absolute atomic E-state index is 0.552. The van der Waals surface area contributed by atoms with Crippen LogP contribution in [0.25, 0.3) is 31.8 Å². The standard InChI is InChI=1S/C21H21BrN6OS/c1-3-29-19-17-16(25-21(27-19)28-10-8-23-9-11-28)15-12(2)24-18(26-20(15)30-17)13-4-6-14(22)7-5-13/h4-7,23H,3,8-11H2,1-2H3. The molecule has 0 bridgehead atoms. The Morgan fingerprint density at radius 2 is 1.87 bits per heavy atom. The van der Waals surface area contributed by atoms with Gasteiger partial charge in [-0.25, -0.2) is 15.0 Å². The molecule has 0 spiro atoms. The van der Waals surface area contributed by atoms with Crippen LogP contribution in [0.15, 0.2) is 28.7 Å². The summed E-state index contributed by atoms with van der Waals surface area (Å²) in [5, 5.41) is 4.35. The third kappa shape index (κ3) is 3.51. The number of aryl methyl sites for hydroxylation is 1. The maximum atomic E-state index is 5.91. The van der Waals surface area contributed by atoms with E-state index in [9.17, 15) is 0 Å². The zero-order valence-electron chi connectivity index (χ0n) is 16.8. The summed E-state index contributed by atoms with van der Waals surface area (Å²) in [5.74, 6) is 2.06. The maximum absolute atomic E-state index is 5.91. The van der Waals surface area contributed by atoms with Gasteiger partial charge in [0.2, 0.25) is 11.8 Å². The molecule has 5 rings (SSSR count). The van der Waals surface area contributed by atoms with E-state index < -0.39 is 0 Å². The normalized spacial score (nSPS) is 14.6. The predicted octanol–water partition coefficient (Wildman–Crippen LogP) is 4.18. The molecule has 0 unspecified atom stereocenters. The molecule has 0 saturated carbocycles. The number of nitrogens with one attached hydrogen (secondary N) is 1. The fraction of sp³-hybridized carbons (Fsp3) is 0.333. The van der Waals surface area contributed by atoms with Gasteiger partial charge >= 0.3 is 0 Å². The molecule has 3 aromatic heterocycles. The number of hydrogen-bond donors (Lipinski definition) is 1. The third-order valence-corrected chi connectivity index (χ3v) is 6.69. The average molecular weight is 485 g/mol. The third-order valence-electron chi connectivity index (χ3n) is 5.10. The molecule has 0 aliphatic carbocycles. The number of ether oxygens (including phenoxy) is 1. The second kappa shape index (κ2) is 8.05. The number of piperazine rings is 1. The summed E-state index contributed by atoms with van der Waals surface area (Å²) in [5.41, 5.74) is 2.77. The molecular formula is C21H21BrN6OS. The molecule has 154 valence electrons. The second-order valence-corrected chi connectivity index (χ2v) is 9.01. The van der Waals surface area contributed by atoms with Crippen LogP contribution in [0.4, 0.5) is 5.95 Å². The Labute approximate surface area is 186 Å². The molecule has 1 aliphatic heterocycles. The molecule has 30 heavy (non-hydrogen) atoms. The molecule has 4 aromatic rings. The van der Waals surface area contributed by atoms with Gasteiger partial charge < -0.3 is 15.0 Å². The van der Waals surface area contributed by atoms with Crippen molar-refractivity contribution in [1.82, 2.24) is 25.3 Å². The summed E-state index contributed by atoms with van der Waals surface area (Å²) in [6, 6.07) is 8.04. The Hall–Kier alpha value is -2.36. The lowest BCUT2D eigenvalue weighted by atomic mass is 10.2. The molecule has 1 saturated heterocycles. The highest BCUT2D eigenvalue weighted by molar-refractivity contribution is 9.10. The lowest BCUT2D eigenvalue weighted by Crippen LogP contribution is -2.44. The largest absolute Gasteiger partial charge is 0.477 e. The fourth-order valence-electron chi connectivity index (χ4n) is 3.64. The van der Waals surface area contributed by atoms with E-state index >= 15 is 0 Å². The van der Waals surface area contributed by atoms with Crippen molar-refractivity contribution in [3.8, 4) is 17.3 Å². The monoisotopic (exact) mass is 484 g/mol. The average Bonchev–Trinajstić information content (AvgIpc) is 3.14. The molecular weight excluding hydrogens is 464 g/mol. The highest BCUT2D eigenvalue weighted by Crippen LogP contribution is 2.39. The Kier molecular flexibility index (Phi) is 5.26. The van der Waals surface area contributed by atoms with Gasteiger partial charge in [0, 0.05) is 36.2 Å². The van der Waals surface area contributed by atoms with Gasteiger partial charge in [-0.1, -0.05) is 28.1 Å². The molecule has 9 heteroatoms. The van der Waals surface area contributed by atoms with Gasteiger partial charge in [0.15, 0.2) is 5.82 Å². The quantitative estimate of drug-likeness (QED) is 0.465. The van der Waals surface area contributed by atoms with Gasteiger partial charge in [0.25, 0.3) is 0 Å². The van der Waals surface area contributed by atoms with Crippen molar-refractivity contribution in [3.05, 3.63) is 34.4 Å². The van der Waals surface area contributed by atoms with Crippen LogP contribution in [0.3, 0.4) is 0 Å². The number of hydrogen-bond acceptors (Lipinski definition) is 8. The number of rotatable bonds is 4. The van der Waals surface area contributed by atoms with E-state index in [0.29, 0.717) is 24.3 Å². The van der Waals surface area contributed by atoms with Gasteiger partial charge in [-0.05, 0) is 26.0 Å². The molecule has 0 atom stereocenters. The van der Waals surface area contributed by atoms with Crippen molar-refractivity contribution in [2.45, 2.75) is 13.8 Å². The van der Waals surface area contributed by atoms with Crippen LogP contribution in [-0.4, -0.2) is 52.7 Å². The number of benzene rings is 1. The predicted molar refractivity (Wildman–Crippen MR) is 125 cm³/mol. The first-order valence-corrected chi connectivity index (χ1v) is 11.6. The van der Waals surface area contributed by atoms with Crippen molar-refractivity contribution < 1.29 is 4.74 Å². The SMILES string of the molecule is CCOc1nc(N2CCNCC2)nc2c1sc1nc(-c3ccc(Br)cc3)nc(C)c12. The van der Waals surface area contributed by atoms with E-state index in [1.165, 1.54) is 0 Å². The maximum Gasteiger partial charge on any atom is 0.236 e. The van der Waals surface area contributed by atoms with Gasteiger partial charge in [-0.15, -0.1) is 11.3 Å². The topological polar surface area (TPSA) is 76.1 Å². The van der Waals surface area contributed by atoms with Crippen molar-refractivity contribution in [2.24, 2.45) is 0 Å². The Balaban J connectivity index is 1.70.